The molecule has 0 atom stereocenters. The van der Waals surface area contributed by atoms with Crippen LogP contribution in [0.2, 0.25) is 0 Å². The first kappa shape index (κ1) is 49.7. The van der Waals surface area contributed by atoms with Crippen molar-refractivity contribution in [2.45, 2.75) is 38.5 Å². The highest BCUT2D eigenvalue weighted by molar-refractivity contribution is 6.19. The second kappa shape index (κ2) is 18.8. The Balaban J connectivity index is 0.877. The molecule has 11 aromatic carbocycles. The van der Waals surface area contributed by atoms with Crippen molar-refractivity contribution in [3.63, 3.8) is 0 Å². The highest BCUT2D eigenvalue weighted by Gasteiger charge is 2.40. The molecule has 4 aromatic heterocycles. The van der Waals surface area contributed by atoms with Gasteiger partial charge in [-0.05, 0) is 98.1 Å². The molecule has 2 aliphatic rings. The fraction of sp³-hybridized carbons (Fsp3) is 0.0759. The van der Waals surface area contributed by atoms with Gasteiger partial charge in [0.05, 0.1) is 33.4 Å². The lowest BCUT2D eigenvalue weighted by molar-refractivity contribution is 0.661. The predicted octanol–water partition coefficient (Wildman–Crippen LogP) is 19.5. The Morgan fingerprint density at radius 2 is 0.733 bits per heavy atom. The van der Waals surface area contributed by atoms with E-state index in [1.165, 1.54) is 66.1 Å². The zero-order valence-corrected chi connectivity index (χ0v) is 48.0. The van der Waals surface area contributed by atoms with Gasteiger partial charge in [0.15, 0.2) is 23.3 Å². The third-order valence-corrected chi connectivity index (χ3v) is 18.4. The molecule has 0 unspecified atom stereocenters. The van der Waals surface area contributed by atoms with Crippen molar-refractivity contribution in [2.75, 3.05) is 0 Å². The largest absolute Gasteiger partial charge is 0.308 e. The smallest absolute Gasteiger partial charge is 0.166 e. The van der Waals surface area contributed by atoms with Crippen molar-refractivity contribution in [3.8, 4) is 102 Å². The van der Waals surface area contributed by atoms with Gasteiger partial charge in [0.25, 0.3) is 0 Å². The first-order valence-corrected chi connectivity index (χ1v) is 29.6. The lowest BCUT2D eigenvalue weighted by Crippen LogP contribution is -2.15. The summed E-state index contributed by atoms with van der Waals surface area (Å²) in [6.45, 7) is 9.47. The predicted molar refractivity (Wildman–Crippen MR) is 352 cm³/mol. The van der Waals surface area contributed by atoms with E-state index in [2.05, 4.69) is 237 Å². The highest BCUT2D eigenvalue weighted by Crippen LogP contribution is 2.56. The van der Waals surface area contributed by atoms with Gasteiger partial charge in [-0.15, -0.1) is 0 Å². The minimum Gasteiger partial charge on any atom is -0.308 e. The molecule has 7 nitrogen and oxygen atoms in total. The van der Waals surface area contributed by atoms with Crippen LogP contribution in [0.25, 0.3) is 145 Å². The second-order valence-electron chi connectivity index (χ2n) is 24.0. The molecule has 0 N–H and O–H groups in total. The van der Waals surface area contributed by atoms with E-state index in [1.807, 2.05) is 60.7 Å². The molecular formula is C79H55N7. The first-order valence-electron chi connectivity index (χ1n) is 29.6. The van der Waals surface area contributed by atoms with Crippen LogP contribution in [-0.4, -0.2) is 34.1 Å². The summed E-state index contributed by atoms with van der Waals surface area (Å²) in [5.74, 6) is 3.32. The van der Waals surface area contributed by atoms with Crippen molar-refractivity contribution < 1.29 is 0 Å². The number of benzene rings is 11. The van der Waals surface area contributed by atoms with Crippen LogP contribution in [0.3, 0.4) is 0 Å². The van der Waals surface area contributed by atoms with Gasteiger partial charge in [0.2, 0.25) is 0 Å². The molecule has 0 amide bonds. The van der Waals surface area contributed by atoms with Crippen molar-refractivity contribution in [1.29, 1.82) is 0 Å². The normalized spacial score (nSPS) is 13.5. The third-order valence-electron chi connectivity index (χ3n) is 18.4. The van der Waals surface area contributed by atoms with Crippen LogP contribution in [0.5, 0.6) is 0 Å². The molecule has 0 fully saturated rings. The Bertz CT molecular complexity index is 5160. The van der Waals surface area contributed by atoms with Crippen LogP contribution in [0.1, 0.15) is 49.9 Å². The molecule has 17 rings (SSSR count). The van der Waals surface area contributed by atoms with Crippen LogP contribution < -0.4 is 0 Å². The van der Waals surface area contributed by atoms with Gasteiger partial charge in [-0.25, -0.2) is 24.9 Å². The fourth-order valence-electron chi connectivity index (χ4n) is 14.3. The minimum atomic E-state index is -0.337. The molecule has 406 valence electrons. The topological polar surface area (TPSA) is 74.3 Å². The van der Waals surface area contributed by atoms with Gasteiger partial charge >= 0.3 is 0 Å². The van der Waals surface area contributed by atoms with Crippen molar-refractivity contribution >= 4 is 43.6 Å². The van der Waals surface area contributed by atoms with E-state index in [4.69, 9.17) is 24.9 Å². The summed E-state index contributed by atoms with van der Waals surface area (Å²) < 4.78 is 4.79. The summed E-state index contributed by atoms with van der Waals surface area (Å²) in [6.07, 6.45) is 0. The van der Waals surface area contributed by atoms with Gasteiger partial charge in [-0.3, -0.25) is 4.57 Å². The van der Waals surface area contributed by atoms with E-state index >= 15 is 0 Å². The zero-order valence-electron chi connectivity index (χ0n) is 48.0. The zero-order chi connectivity index (χ0) is 57.4. The van der Waals surface area contributed by atoms with Crippen molar-refractivity contribution in [3.05, 3.63) is 283 Å². The molecule has 0 saturated carbocycles. The Hall–Kier alpha value is -10.9. The van der Waals surface area contributed by atoms with E-state index in [0.717, 1.165) is 78.2 Å². The number of para-hydroxylation sites is 2. The van der Waals surface area contributed by atoms with Crippen LogP contribution in [0.15, 0.2) is 261 Å². The number of fused-ring (bicyclic) bond motifs is 14. The molecule has 0 bridgehead atoms. The molecule has 2 aliphatic carbocycles. The molecule has 0 aliphatic heterocycles. The van der Waals surface area contributed by atoms with Gasteiger partial charge in [-0.2, -0.15) is 0 Å². The molecule has 7 heteroatoms. The summed E-state index contributed by atoms with van der Waals surface area (Å²) in [5.41, 5.74) is 23.1. The van der Waals surface area contributed by atoms with E-state index < -0.39 is 0 Å². The average Bonchev–Trinajstić information content (AvgIpc) is 2.15. The number of nitrogens with zero attached hydrogens (tertiary/aromatic N) is 7. The number of hydrogen-bond acceptors (Lipinski definition) is 5. The quantitative estimate of drug-likeness (QED) is 0.152. The maximum Gasteiger partial charge on any atom is 0.166 e. The van der Waals surface area contributed by atoms with E-state index in [-0.39, 0.29) is 10.8 Å². The lowest BCUT2D eigenvalue weighted by Gasteiger charge is -2.22. The summed E-state index contributed by atoms with van der Waals surface area (Å²) >= 11 is 0. The van der Waals surface area contributed by atoms with E-state index in [9.17, 15) is 0 Å². The molecule has 86 heavy (non-hydrogen) atoms. The molecule has 4 heterocycles. The van der Waals surface area contributed by atoms with E-state index in [0.29, 0.717) is 23.3 Å². The Labute approximate surface area is 498 Å². The molecule has 15 aromatic rings. The first-order chi connectivity index (χ1) is 42.2. The SMILES string of the molecule is CC1(C)c2cc(-c3ccc(-n4c5ccccc5c5c6c(ccc54)C(C)(C)c4ccccc4-6)c(-c4nc(-c5ccccc5)nc(-c5ccccc5)n4)c3)ccc2-c2c1ccc1c2c2ccccc2n1-c1cc(-c2ccccc2)nc(-c2ccccc2)n1. The van der Waals surface area contributed by atoms with Crippen LogP contribution in [0.4, 0.5) is 0 Å². The maximum absolute atomic E-state index is 5.45. The van der Waals surface area contributed by atoms with Crippen molar-refractivity contribution in [1.82, 2.24) is 34.1 Å². The number of aromatic nitrogens is 7. The minimum absolute atomic E-state index is 0.155. The lowest BCUT2D eigenvalue weighted by atomic mass is 9.81. The highest BCUT2D eigenvalue weighted by atomic mass is 15.1. The molecule has 0 saturated heterocycles. The average molecular weight is 1100 g/mol. The van der Waals surface area contributed by atoms with Gasteiger partial charge in [0, 0.05) is 66.3 Å². The summed E-state index contributed by atoms with van der Waals surface area (Å²) in [6, 6.07) is 93.4. The van der Waals surface area contributed by atoms with Gasteiger partial charge in [0.1, 0.15) is 5.82 Å². The van der Waals surface area contributed by atoms with Gasteiger partial charge < -0.3 is 4.57 Å². The standard InChI is InChI=1S/C79H55N7/c1-78(2)59-34-20-17-31-54(59)70-60(78)40-43-67-72(70)56-32-18-21-35-64(56)85(67)66-42-38-52(45-58(66)77-83-75(50-27-13-7-14-28-50)82-76(84-77)51-29-15-8-16-30-51)53-37-39-55-62(46-53)79(3,4)61-41-44-68-73(71(55)61)57-33-19-22-36-65(57)86(68)69-47-63(48-23-9-5-10-24-48)80-74(81-69)49-25-11-6-12-26-49/h5-47H,1-4H3. The van der Waals surface area contributed by atoms with Crippen molar-refractivity contribution in [2.24, 2.45) is 0 Å². The molecular weight excluding hydrogens is 1050 g/mol. The molecule has 0 radical (unpaired) electrons. The summed E-state index contributed by atoms with van der Waals surface area (Å²) in [4.78, 5) is 26.6. The third kappa shape index (κ3) is 7.44. The van der Waals surface area contributed by atoms with E-state index in [1.54, 1.807) is 0 Å². The Morgan fingerprint density at radius 3 is 1.34 bits per heavy atom. The summed E-state index contributed by atoms with van der Waals surface area (Å²) in [7, 11) is 0. The van der Waals surface area contributed by atoms with Crippen LogP contribution in [-0.2, 0) is 10.8 Å². The fourth-order valence-corrected chi connectivity index (χ4v) is 14.3. The number of hydrogen-bond donors (Lipinski definition) is 0. The Morgan fingerprint density at radius 1 is 0.279 bits per heavy atom. The monoisotopic (exact) mass is 1100 g/mol. The van der Waals surface area contributed by atoms with Gasteiger partial charge in [-0.1, -0.05) is 240 Å². The van der Waals surface area contributed by atoms with Crippen LogP contribution in [0, 0.1) is 0 Å². The number of rotatable bonds is 8. The summed E-state index contributed by atoms with van der Waals surface area (Å²) in [5, 5.41) is 4.85. The molecule has 0 spiro atoms. The maximum atomic E-state index is 5.45. The van der Waals surface area contributed by atoms with Crippen LogP contribution >= 0.6 is 0 Å². The Kier molecular flexibility index (Phi) is 10.9. The second-order valence-corrected chi connectivity index (χ2v) is 24.0.